The molecule has 2 nitrogen and oxygen atoms in total. The van der Waals surface area contributed by atoms with Gasteiger partial charge in [-0.25, -0.2) is 0 Å². The van der Waals surface area contributed by atoms with Crippen LogP contribution in [-0.2, 0) is 0 Å². The standard InChI is InChI=1S/C13H28N2/c1-6-7-10-14-12-9-8-11(2)13(3,4)15(12)5/h11-12,14H,6-10H2,1-5H3. The van der Waals surface area contributed by atoms with E-state index in [9.17, 15) is 0 Å². The quantitative estimate of drug-likeness (QED) is 0.721. The van der Waals surface area contributed by atoms with Crippen molar-refractivity contribution in [2.75, 3.05) is 13.6 Å². The Morgan fingerprint density at radius 2 is 2.00 bits per heavy atom. The number of piperidine rings is 1. The van der Waals surface area contributed by atoms with Crippen LogP contribution in [0.15, 0.2) is 0 Å². The Labute approximate surface area is 95.4 Å². The highest BCUT2D eigenvalue weighted by Gasteiger charge is 2.38. The van der Waals surface area contributed by atoms with Gasteiger partial charge >= 0.3 is 0 Å². The third-order valence-electron chi connectivity index (χ3n) is 4.37. The molecule has 1 fully saturated rings. The second kappa shape index (κ2) is 5.31. The van der Waals surface area contributed by atoms with Crippen molar-refractivity contribution in [1.82, 2.24) is 10.2 Å². The summed E-state index contributed by atoms with van der Waals surface area (Å²) in [5.74, 6) is 0.798. The Morgan fingerprint density at radius 3 is 2.60 bits per heavy atom. The predicted octanol–water partition coefficient (Wildman–Crippen LogP) is 2.84. The zero-order valence-corrected chi connectivity index (χ0v) is 11.1. The molecule has 1 aliphatic heterocycles. The van der Waals surface area contributed by atoms with Crippen molar-refractivity contribution < 1.29 is 0 Å². The van der Waals surface area contributed by atoms with Gasteiger partial charge in [0, 0.05) is 5.54 Å². The molecule has 1 rings (SSSR count). The third kappa shape index (κ3) is 2.94. The minimum atomic E-state index is 0.335. The predicted molar refractivity (Wildman–Crippen MR) is 66.9 cm³/mol. The highest BCUT2D eigenvalue weighted by atomic mass is 15.3. The minimum Gasteiger partial charge on any atom is -0.302 e. The summed E-state index contributed by atoms with van der Waals surface area (Å²) in [6.07, 6.45) is 5.80. The lowest BCUT2D eigenvalue weighted by molar-refractivity contribution is -0.00677. The van der Waals surface area contributed by atoms with Gasteiger partial charge in [-0.05, 0) is 52.6 Å². The fraction of sp³-hybridized carbons (Fsp3) is 1.00. The van der Waals surface area contributed by atoms with Crippen LogP contribution in [0.1, 0.15) is 53.4 Å². The molecule has 0 aromatic heterocycles. The molecular weight excluding hydrogens is 184 g/mol. The number of likely N-dealkylation sites (tertiary alicyclic amines) is 1. The molecule has 0 spiro atoms. The largest absolute Gasteiger partial charge is 0.302 e. The summed E-state index contributed by atoms with van der Waals surface area (Å²) < 4.78 is 0. The van der Waals surface area contributed by atoms with Crippen molar-refractivity contribution in [3.63, 3.8) is 0 Å². The molecule has 1 heterocycles. The van der Waals surface area contributed by atoms with Crippen LogP contribution in [-0.4, -0.2) is 30.2 Å². The van der Waals surface area contributed by atoms with Crippen molar-refractivity contribution in [2.45, 2.75) is 65.1 Å². The number of nitrogens with one attached hydrogen (secondary N) is 1. The molecule has 1 N–H and O–H groups in total. The van der Waals surface area contributed by atoms with Gasteiger partial charge in [-0.15, -0.1) is 0 Å². The first-order valence-corrected chi connectivity index (χ1v) is 6.46. The molecule has 2 atom stereocenters. The molecular formula is C13H28N2. The fourth-order valence-corrected chi connectivity index (χ4v) is 2.39. The molecule has 90 valence electrons. The van der Waals surface area contributed by atoms with Crippen molar-refractivity contribution in [3.8, 4) is 0 Å². The van der Waals surface area contributed by atoms with Crippen molar-refractivity contribution in [3.05, 3.63) is 0 Å². The number of hydrogen-bond donors (Lipinski definition) is 1. The van der Waals surface area contributed by atoms with E-state index in [1.54, 1.807) is 0 Å². The van der Waals surface area contributed by atoms with Gasteiger partial charge in [-0.1, -0.05) is 20.3 Å². The molecule has 2 heteroatoms. The van der Waals surface area contributed by atoms with E-state index in [0.717, 1.165) is 12.5 Å². The van der Waals surface area contributed by atoms with Gasteiger partial charge < -0.3 is 5.32 Å². The van der Waals surface area contributed by atoms with Crippen LogP contribution in [0.3, 0.4) is 0 Å². The monoisotopic (exact) mass is 212 g/mol. The zero-order valence-electron chi connectivity index (χ0n) is 11.1. The molecule has 0 aromatic rings. The SMILES string of the molecule is CCCCNC1CCC(C)C(C)(C)N1C. The topological polar surface area (TPSA) is 15.3 Å². The lowest BCUT2D eigenvalue weighted by atomic mass is 9.79. The maximum atomic E-state index is 3.67. The summed E-state index contributed by atoms with van der Waals surface area (Å²) in [4.78, 5) is 2.52. The Morgan fingerprint density at radius 1 is 1.33 bits per heavy atom. The van der Waals surface area contributed by atoms with E-state index in [4.69, 9.17) is 0 Å². The molecule has 0 radical (unpaired) electrons. The second-order valence-electron chi connectivity index (χ2n) is 5.57. The van der Waals surface area contributed by atoms with E-state index in [1.807, 2.05) is 0 Å². The maximum Gasteiger partial charge on any atom is 0.0599 e. The van der Waals surface area contributed by atoms with Gasteiger partial charge in [0.25, 0.3) is 0 Å². The summed E-state index contributed by atoms with van der Waals surface area (Å²) >= 11 is 0. The smallest absolute Gasteiger partial charge is 0.0599 e. The fourth-order valence-electron chi connectivity index (χ4n) is 2.39. The molecule has 0 aliphatic carbocycles. The first kappa shape index (κ1) is 13.0. The molecule has 2 unspecified atom stereocenters. The normalized spacial score (nSPS) is 31.8. The van der Waals surface area contributed by atoms with E-state index in [1.165, 1.54) is 25.7 Å². The number of hydrogen-bond acceptors (Lipinski definition) is 2. The minimum absolute atomic E-state index is 0.335. The second-order valence-corrected chi connectivity index (χ2v) is 5.57. The Balaban J connectivity index is 2.46. The van der Waals surface area contributed by atoms with Gasteiger partial charge in [0.15, 0.2) is 0 Å². The van der Waals surface area contributed by atoms with Gasteiger partial charge in [0.05, 0.1) is 6.17 Å². The average molecular weight is 212 g/mol. The summed E-state index contributed by atoms with van der Waals surface area (Å²) in [6.45, 7) is 10.5. The maximum absolute atomic E-state index is 3.67. The van der Waals surface area contributed by atoms with Crippen molar-refractivity contribution >= 4 is 0 Å². The lowest BCUT2D eigenvalue weighted by Gasteiger charge is -2.50. The van der Waals surface area contributed by atoms with Crippen LogP contribution in [0.2, 0.25) is 0 Å². The van der Waals surface area contributed by atoms with Crippen LogP contribution >= 0.6 is 0 Å². The van der Waals surface area contributed by atoms with Gasteiger partial charge in [-0.2, -0.15) is 0 Å². The van der Waals surface area contributed by atoms with Crippen LogP contribution < -0.4 is 5.32 Å². The molecule has 0 amide bonds. The summed E-state index contributed by atoms with van der Waals surface area (Å²) in [5.41, 5.74) is 0.335. The summed E-state index contributed by atoms with van der Waals surface area (Å²) in [7, 11) is 2.26. The zero-order chi connectivity index (χ0) is 11.5. The number of rotatable bonds is 4. The van der Waals surface area contributed by atoms with Crippen LogP contribution in [0.5, 0.6) is 0 Å². The molecule has 0 aromatic carbocycles. The van der Waals surface area contributed by atoms with Gasteiger partial charge in [0.1, 0.15) is 0 Å². The van der Waals surface area contributed by atoms with E-state index in [-0.39, 0.29) is 0 Å². The molecule has 1 aliphatic rings. The highest BCUT2D eigenvalue weighted by molar-refractivity contribution is 4.92. The molecule has 15 heavy (non-hydrogen) atoms. The van der Waals surface area contributed by atoms with Crippen molar-refractivity contribution in [2.24, 2.45) is 5.92 Å². The Kier molecular flexibility index (Phi) is 4.60. The summed E-state index contributed by atoms with van der Waals surface area (Å²) in [6, 6.07) is 0. The molecule has 1 saturated heterocycles. The first-order valence-electron chi connectivity index (χ1n) is 6.46. The van der Waals surface area contributed by atoms with Crippen LogP contribution in [0.4, 0.5) is 0 Å². The summed E-state index contributed by atoms with van der Waals surface area (Å²) in [5, 5.41) is 3.67. The average Bonchev–Trinajstić information content (AvgIpc) is 2.19. The van der Waals surface area contributed by atoms with E-state index < -0.39 is 0 Å². The molecule has 0 saturated carbocycles. The highest BCUT2D eigenvalue weighted by Crippen LogP contribution is 2.34. The Hall–Kier alpha value is -0.0800. The van der Waals surface area contributed by atoms with E-state index >= 15 is 0 Å². The van der Waals surface area contributed by atoms with Crippen molar-refractivity contribution in [1.29, 1.82) is 0 Å². The third-order valence-corrected chi connectivity index (χ3v) is 4.37. The first-order chi connectivity index (χ1) is 7.00. The Bertz CT molecular complexity index is 189. The van der Waals surface area contributed by atoms with Gasteiger partial charge in [-0.3, -0.25) is 4.90 Å². The van der Waals surface area contributed by atoms with Crippen LogP contribution in [0, 0.1) is 5.92 Å². The van der Waals surface area contributed by atoms with E-state index in [2.05, 4.69) is 45.0 Å². The van der Waals surface area contributed by atoms with Crippen LogP contribution in [0.25, 0.3) is 0 Å². The molecule has 0 bridgehead atoms. The van der Waals surface area contributed by atoms with Gasteiger partial charge in [0.2, 0.25) is 0 Å². The number of nitrogens with zero attached hydrogens (tertiary/aromatic N) is 1. The number of unbranched alkanes of at least 4 members (excludes halogenated alkanes) is 1. The van der Waals surface area contributed by atoms with E-state index in [0.29, 0.717) is 11.7 Å². The lowest BCUT2D eigenvalue weighted by Crippen LogP contribution is -2.59.